The average Bonchev–Trinajstić information content (AvgIpc) is 2.99. The van der Waals surface area contributed by atoms with Crippen molar-refractivity contribution in [2.75, 3.05) is 0 Å². The Morgan fingerprint density at radius 2 is 0.806 bits per heavy atom. The number of hydrogen-bond acceptors (Lipinski definition) is 0. The number of benzene rings is 3. The average molecular weight is 447 g/mol. The molecule has 0 aliphatic rings. The Balaban J connectivity index is 2.04. The zero-order valence-electron chi connectivity index (χ0n) is 15.1. The smallest absolute Gasteiger partial charge is 0.309 e. The van der Waals surface area contributed by atoms with Gasteiger partial charge in [-0.2, -0.15) is 39.5 Å². The maximum atomic E-state index is 13.2. The first kappa shape index (κ1) is 21.1. The van der Waals surface area contributed by atoms with Gasteiger partial charge in [-0.25, -0.2) is 0 Å². The van der Waals surface area contributed by atoms with Crippen LogP contribution >= 0.6 is 0 Å². The summed E-state index contributed by atoms with van der Waals surface area (Å²) in [4.78, 5) is 0. The van der Waals surface area contributed by atoms with Crippen LogP contribution in [0.5, 0.6) is 0 Å². The van der Waals surface area contributed by atoms with E-state index in [0.717, 1.165) is 60.7 Å². The zero-order chi connectivity index (χ0) is 22.8. The van der Waals surface area contributed by atoms with Gasteiger partial charge in [-0.15, -0.1) is 0 Å². The van der Waals surface area contributed by atoms with Crippen molar-refractivity contribution in [1.29, 1.82) is 0 Å². The molecule has 0 unspecified atom stereocenters. The highest BCUT2D eigenvalue weighted by Crippen LogP contribution is 2.40. The van der Waals surface area contributed by atoms with Gasteiger partial charge in [-0.1, -0.05) is 0 Å². The predicted octanol–water partition coefficient (Wildman–Crippen LogP) is 7.84. The van der Waals surface area contributed by atoms with Crippen LogP contribution in [0.15, 0.2) is 60.7 Å². The Morgan fingerprint density at radius 1 is 0.452 bits per heavy atom. The second-order valence-corrected chi connectivity index (χ2v) is 6.84. The molecule has 0 bridgehead atoms. The van der Waals surface area contributed by atoms with E-state index in [1.54, 1.807) is 0 Å². The number of nitrogens with zero attached hydrogens (tertiary/aromatic N) is 1. The minimum absolute atomic E-state index is 0.101. The van der Waals surface area contributed by atoms with Crippen LogP contribution in [-0.4, -0.2) is 4.57 Å². The van der Waals surface area contributed by atoms with Gasteiger partial charge in [-0.05, 0) is 60.7 Å². The molecule has 0 radical (unpaired) electrons. The number of alkyl halides is 9. The van der Waals surface area contributed by atoms with E-state index in [-0.39, 0.29) is 27.5 Å². The molecule has 0 spiro atoms. The number of rotatable bonds is 1. The summed E-state index contributed by atoms with van der Waals surface area (Å²) in [7, 11) is 0. The van der Waals surface area contributed by atoms with Gasteiger partial charge in [0.05, 0.1) is 27.7 Å². The van der Waals surface area contributed by atoms with Crippen LogP contribution < -0.4 is 0 Å². The summed E-state index contributed by atoms with van der Waals surface area (Å²) >= 11 is 0. The number of halogens is 9. The Kier molecular flexibility index (Phi) is 4.53. The summed E-state index contributed by atoms with van der Waals surface area (Å²) in [6, 6.07) is 8.98. The largest absolute Gasteiger partial charge is 0.416 e. The van der Waals surface area contributed by atoms with E-state index in [0.29, 0.717) is 0 Å². The van der Waals surface area contributed by atoms with Crippen LogP contribution in [0.25, 0.3) is 27.5 Å². The second-order valence-electron chi connectivity index (χ2n) is 6.84. The summed E-state index contributed by atoms with van der Waals surface area (Å²) in [5, 5.41) is -0.202. The van der Waals surface area contributed by atoms with E-state index >= 15 is 0 Å². The highest BCUT2D eigenvalue weighted by atomic mass is 19.4. The van der Waals surface area contributed by atoms with Crippen molar-refractivity contribution in [3.05, 3.63) is 77.4 Å². The van der Waals surface area contributed by atoms with Crippen molar-refractivity contribution in [3.8, 4) is 5.69 Å². The molecule has 0 amide bonds. The molecule has 1 aromatic heterocycles. The predicted molar refractivity (Wildman–Crippen MR) is 95.8 cm³/mol. The lowest BCUT2D eigenvalue weighted by molar-refractivity contribution is -0.138. The van der Waals surface area contributed by atoms with Crippen LogP contribution in [0.1, 0.15) is 16.7 Å². The molecule has 3 aromatic carbocycles. The minimum atomic E-state index is -4.72. The topological polar surface area (TPSA) is 4.93 Å². The quantitative estimate of drug-likeness (QED) is 0.262. The first-order chi connectivity index (χ1) is 14.3. The van der Waals surface area contributed by atoms with Crippen LogP contribution in [0.4, 0.5) is 39.5 Å². The molecule has 1 heterocycles. The van der Waals surface area contributed by atoms with Gasteiger partial charge in [0.2, 0.25) is 0 Å². The third kappa shape index (κ3) is 3.70. The number of aromatic nitrogens is 1. The lowest BCUT2D eigenvalue weighted by Gasteiger charge is -2.11. The molecule has 0 saturated carbocycles. The summed E-state index contributed by atoms with van der Waals surface area (Å²) in [6.07, 6.45) is -14.0. The Bertz CT molecular complexity index is 1200. The van der Waals surface area contributed by atoms with Crippen molar-refractivity contribution < 1.29 is 39.5 Å². The fourth-order valence-corrected chi connectivity index (χ4v) is 3.45. The van der Waals surface area contributed by atoms with Gasteiger partial charge < -0.3 is 4.57 Å². The molecule has 162 valence electrons. The molecule has 10 heteroatoms. The van der Waals surface area contributed by atoms with E-state index < -0.39 is 35.2 Å². The summed E-state index contributed by atoms with van der Waals surface area (Å²) in [5.41, 5.74) is -2.62. The lowest BCUT2D eigenvalue weighted by atomic mass is 10.1. The molecular weight excluding hydrogens is 437 g/mol. The highest BCUT2D eigenvalue weighted by Gasteiger charge is 2.34. The summed E-state index contributed by atoms with van der Waals surface area (Å²) in [5.74, 6) is 0. The van der Waals surface area contributed by atoms with Crippen molar-refractivity contribution >= 4 is 21.8 Å². The number of fused-ring (bicyclic) bond motifs is 3. The molecule has 4 rings (SSSR count). The third-order valence-corrected chi connectivity index (χ3v) is 4.87. The molecule has 0 atom stereocenters. The monoisotopic (exact) mass is 447 g/mol. The molecular formula is C21H10F9N. The van der Waals surface area contributed by atoms with Gasteiger partial charge in [-0.3, -0.25) is 0 Å². The Hall–Kier alpha value is -3.17. The van der Waals surface area contributed by atoms with Gasteiger partial charge in [0.15, 0.2) is 0 Å². The summed E-state index contributed by atoms with van der Waals surface area (Å²) < 4.78 is 119. The van der Waals surface area contributed by atoms with Crippen LogP contribution in [0, 0.1) is 0 Å². The fourth-order valence-electron chi connectivity index (χ4n) is 3.45. The Labute approximate surface area is 168 Å². The molecule has 0 fully saturated rings. The number of hydrogen-bond donors (Lipinski definition) is 0. The standard InChI is InChI=1S/C21H10F9N/c22-19(23,24)11-1-5-14(6-2-11)31-17-7-3-12(20(25,26)27)9-15(17)16-10-13(21(28,29)30)4-8-18(16)31/h1-10H. The van der Waals surface area contributed by atoms with Crippen molar-refractivity contribution in [2.45, 2.75) is 18.5 Å². The van der Waals surface area contributed by atoms with Crippen LogP contribution in [-0.2, 0) is 18.5 Å². The molecule has 0 aliphatic carbocycles. The first-order valence-corrected chi connectivity index (χ1v) is 8.67. The van der Waals surface area contributed by atoms with E-state index in [4.69, 9.17) is 0 Å². The SMILES string of the molecule is FC(F)(F)c1ccc(-n2c3ccc(C(F)(F)F)cc3c3cc(C(F)(F)F)ccc32)cc1. The van der Waals surface area contributed by atoms with Gasteiger partial charge in [0, 0.05) is 16.5 Å². The maximum Gasteiger partial charge on any atom is 0.416 e. The zero-order valence-corrected chi connectivity index (χ0v) is 15.1. The molecule has 0 N–H and O–H groups in total. The van der Waals surface area contributed by atoms with Crippen LogP contribution in [0.3, 0.4) is 0 Å². The second kappa shape index (κ2) is 6.66. The molecule has 31 heavy (non-hydrogen) atoms. The first-order valence-electron chi connectivity index (χ1n) is 8.67. The van der Waals surface area contributed by atoms with Gasteiger partial charge in [0.1, 0.15) is 0 Å². The highest BCUT2D eigenvalue weighted by molar-refractivity contribution is 6.09. The Morgan fingerprint density at radius 3 is 1.16 bits per heavy atom. The van der Waals surface area contributed by atoms with Crippen LogP contribution in [0.2, 0.25) is 0 Å². The lowest BCUT2D eigenvalue weighted by Crippen LogP contribution is -2.05. The normalized spacial score (nSPS) is 13.3. The molecule has 1 nitrogen and oxygen atoms in total. The van der Waals surface area contributed by atoms with Gasteiger partial charge >= 0.3 is 18.5 Å². The van der Waals surface area contributed by atoms with Crippen molar-refractivity contribution in [3.63, 3.8) is 0 Å². The van der Waals surface area contributed by atoms with E-state index in [1.165, 1.54) is 4.57 Å². The molecule has 4 aromatic rings. The maximum absolute atomic E-state index is 13.2. The van der Waals surface area contributed by atoms with E-state index in [1.807, 2.05) is 0 Å². The minimum Gasteiger partial charge on any atom is -0.309 e. The van der Waals surface area contributed by atoms with Gasteiger partial charge in [0.25, 0.3) is 0 Å². The van der Waals surface area contributed by atoms with Crippen molar-refractivity contribution in [2.24, 2.45) is 0 Å². The van der Waals surface area contributed by atoms with E-state index in [2.05, 4.69) is 0 Å². The molecule has 0 saturated heterocycles. The summed E-state index contributed by atoms with van der Waals surface area (Å²) in [6.45, 7) is 0. The van der Waals surface area contributed by atoms with E-state index in [9.17, 15) is 39.5 Å². The fraction of sp³-hybridized carbons (Fsp3) is 0.143. The molecule has 0 aliphatic heterocycles. The third-order valence-electron chi connectivity index (χ3n) is 4.87. The van der Waals surface area contributed by atoms with Crippen molar-refractivity contribution in [1.82, 2.24) is 4.57 Å².